The SMILES string of the molecule is CCn1c(Cc2ccccc2)nnc1SC(C)C(=O)Nc1cc(Cl)ccc1OC. The lowest BCUT2D eigenvalue weighted by molar-refractivity contribution is -0.115. The normalized spacial score (nSPS) is 11.9. The summed E-state index contributed by atoms with van der Waals surface area (Å²) in [4.78, 5) is 12.7. The molecule has 29 heavy (non-hydrogen) atoms. The third-order valence-electron chi connectivity index (χ3n) is 4.39. The molecule has 6 nitrogen and oxygen atoms in total. The summed E-state index contributed by atoms with van der Waals surface area (Å²) < 4.78 is 7.33. The van der Waals surface area contributed by atoms with Crippen molar-refractivity contribution < 1.29 is 9.53 Å². The van der Waals surface area contributed by atoms with Crippen LogP contribution in [0, 0.1) is 0 Å². The molecule has 3 aromatic rings. The smallest absolute Gasteiger partial charge is 0.237 e. The molecule has 152 valence electrons. The number of carbonyl (C=O) groups is 1. The van der Waals surface area contributed by atoms with E-state index in [0.717, 1.165) is 17.5 Å². The fourth-order valence-corrected chi connectivity index (χ4v) is 3.96. The highest BCUT2D eigenvalue weighted by molar-refractivity contribution is 8.00. The van der Waals surface area contributed by atoms with Crippen LogP contribution in [-0.4, -0.2) is 33.0 Å². The Hall–Kier alpha value is -2.51. The van der Waals surface area contributed by atoms with Crippen molar-refractivity contribution in [1.82, 2.24) is 14.8 Å². The van der Waals surface area contributed by atoms with Crippen LogP contribution in [0.3, 0.4) is 0 Å². The predicted molar refractivity (Wildman–Crippen MR) is 117 cm³/mol. The van der Waals surface area contributed by atoms with Crippen LogP contribution in [0.5, 0.6) is 5.75 Å². The third-order valence-corrected chi connectivity index (χ3v) is 5.70. The van der Waals surface area contributed by atoms with Gasteiger partial charge in [0.1, 0.15) is 11.6 Å². The fourth-order valence-electron chi connectivity index (χ4n) is 2.86. The lowest BCUT2D eigenvalue weighted by Crippen LogP contribution is -2.23. The molecule has 1 heterocycles. The second-order valence-corrected chi connectivity index (χ2v) is 8.14. The van der Waals surface area contributed by atoms with Gasteiger partial charge in [-0.1, -0.05) is 53.7 Å². The zero-order chi connectivity index (χ0) is 20.8. The number of rotatable bonds is 8. The third kappa shape index (κ3) is 5.31. The molecule has 1 unspecified atom stereocenters. The van der Waals surface area contributed by atoms with E-state index in [4.69, 9.17) is 16.3 Å². The quantitative estimate of drug-likeness (QED) is 0.526. The van der Waals surface area contributed by atoms with Gasteiger partial charge in [0.2, 0.25) is 5.91 Å². The molecule has 2 aromatic carbocycles. The Balaban J connectivity index is 1.71. The molecule has 3 rings (SSSR count). The summed E-state index contributed by atoms with van der Waals surface area (Å²) in [7, 11) is 1.55. The first kappa shape index (κ1) is 21.2. The largest absolute Gasteiger partial charge is 0.495 e. The molecule has 0 bridgehead atoms. The first-order valence-electron chi connectivity index (χ1n) is 9.28. The maximum atomic E-state index is 12.7. The van der Waals surface area contributed by atoms with Gasteiger partial charge in [0.05, 0.1) is 18.0 Å². The van der Waals surface area contributed by atoms with Crippen molar-refractivity contribution in [2.75, 3.05) is 12.4 Å². The molecule has 0 spiro atoms. The summed E-state index contributed by atoms with van der Waals surface area (Å²) in [6.07, 6.45) is 0.697. The molecule has 0 saturated heterocycles. The van der Waals surface area contributed by atoms with Gasteiger partial charge < -0.3 is 14.6 Å². The Morgan fingerprint density at radius 3 is 2.69 bits per heavy atom. The Morgan fingerprint density at radius 2 is 2.00 bits per heavy atom. The highest BCUT2D eigenvalue weighted by Gasteiger charge is 2.21. The number of hydrogen-bond acceptors (Lipinski definition) is 5. The van der Waals surface area contributed by atoms with E-state index in [1.54, 1.807) is 25.3 Å². The van der Waals surface area contributed by atoms with Crippen molar-refractivity contribution in [2.24, 2.45) is 0 Å². The van der Waals surface area contributed by atoms with Gasteiger partial charge in [0.25, 0.3) is 0 Å². The summed E-state index contributed by atoms with van der Waals surface area (Å²) in [6, 6.07) is 15.2. The summed E-state index contributed by atoms with van der Waals surface area (Å²) in [5.74, 6) is 1.28. The van der Waals surface area contributed by atoms with Gasteiger partial charge in [0, 0.05) is 18.0 Å². The van der Waals surface area contributed by atoms with Crippen LogP contribution in [0.2, 0.25) is 5.02 Å². The van der Waals surface area contributed by atoms with Gasteiger partial charge >= 0.3 is 0 Å². The number of hydrogen-bond donors (Lipinski definition) is 1. The summed E-state index contributed by atoms with van der Waals surface area (Å²) in [6.45, 7) is 4.61. The molecule has 1 atom stereocenters. The molecule has 0 aliphatic heterocycles. The van der Waals surface area contributed by atoms with Gasteiger partial charge in [-0.25, -0.2) is 0 Å². The van der Waals surface area contributed by atoms with E-state index >= 15 is 0 Å². The average Bonchev–Trinajstić information content (AvgIpc) is 3.09. The number of halogens is 1. The van der Waals surface area contributed by atoms with Crippen LogP contribution < -0.4 is 10.1 Å². The zero-order valence-corrected chi connectivity index (χ0v) is 18.1. The minimum atomic E-state index is -0.377. The second kappa shape index (κ2) is 9.80. The average molecular weight is 431 g/mol. The molecule has 0 aliphatic carbocycles. The van der Waals surface area contributed by atoms with Gasteiger partial charge in [0.15, 0.2) is 5.16 Å². The molecule has 0 radical (unpaired) electrons. The van der Waals surface area contributed by atoms with Gasteiger partial charge in [-0.05, 0) is 37.6 Å². The molecule has 1 amide bonds. The van der Waals surface area contributed by atoms with Crippen LogP contribution in [0.25, 0.3) is 0 Å². The van der Waals surface area contributed by atoms with Crippen LogP contribution in [0.4, 0.5) is 5.69 Å². The lowest BCUT2D eigenvalue weighted by atomic mass is 10.1. The number of carbonyl (C=O) groups excluding carboxylic acids is 1. The second-order valence-electron chi connectivity index (χ2n) is 6.40. The first-order chi connectivity index (χ1) is 14.0. The van der Waals surface area contributed by atoms with Gasteiger partial charge in [-0.3, -0.25) is 4.79 Å². The Morgan fingerprint density at radius 1 is 1.24 bits per heavy atom. The number of ether oxygens (including phenoxy) is 1. The van der Waals surface area contributed by atoms with E-state index in [0.29, 0.717) is 22.9 Å². The summed E-state index contributed by atoms with van der Waals surface area (Å²) >= 11 is 7.42. The van der Waals surface area contributed by atoms with Gasteiger partial charge in [-0.15, -0.1) is 10.2 Å². The van der Waals surface area contributed by atoms with Crippen molar-refractivity contribution >= 4 is 35.0 Å². The highest BCUT2D eigenvalue weighted by atomic mass is 35.5. The predicted octanol–water partition coefficient (Wildman–Crippen LogP) is 4.67. The van der Waals surface area contributed by atoms with Crippen molar-refractivity contribution in [2.45, 2.75) is 37.2 Å². The number of anilines is 1. The van der Waals surface area contributed by atoms with Crippen LogP contribution in [0.15, 0.2) is 53.7 Å². The van der Waals surface area contributed by atoms with Crippen LogP contribution in [0.1, 0.15) is 25.2 Å². The minimum absolute atomic E-state index is 0.161. The molecular formula is C21H23ClN4O2S. The summed E-state index contributed by atoms with van der Waals surface area (Å²) in [5.41, 5.74) is 1.71. The first-order valence-corrected chi connectivity index (χ1v) is 10.5. The molecule has 0 saturated carbocycles. The number of thioether (sulfide) groups is 1. The molecule has 1 N–H and O–H groups in total. The standard InChI is InChI=1S/C21H23ClN4O2S/c1-4-26-19(12-15-8-6-5-7-9-15)24-25-21(26)29-14(2)20(27)23-17-13-16(22)10-11-18(17)28-3/h5-11,13-14H,4,12H2,1-3H3,(H,23,27). The van der Waals surface area contributed by atoms with E-state index in [1.165, 1.54) is 17.3 Å². The van der Waals surface area contributed by atoms with E-state index < -0.39 is 0 Å². The van der Waals surface area contributed by atoms with Crippen molar-refractivity contribution in [3.05, 3.63) is 64.9 Å². The summed E-state index contributed by atoms with van der Waals surface area (Å²) in [5, 5.41) is 12.4. The molecular weight excluding hydrogens is 408 g/mol. The number of nitrogens with one attached hydrogen (secondary N) is 1. The molecule has 8 heteroatoms. The van der Waals surface area contributed by atoms with E-state index in [1.807, 2.05) is 36.6 Å². The maximum absolute atomic E-state index is 12.7. The lowest BCUT2D eigenvalue weighted by Gasteiger charge is -2.15. The zero-order valence-electron chi connectivity index (χ0n) is 16.6. The number of benzene rings is 2. The highest BCUT2D eigenvalue weighted by Crippen LogP contribution is 2.29. The van der Waals surface area contributed by atoms with Gasteiger partial charge in [-0.2, -0.15) is 0 Å². The van der Waals surface area contributed by atoms with Crippen LogP contribution >= 0.6 is 23.4 Å². The van der Waals surface area contributed by atoms with Crippen molar-refractivity contribution in [1.29, 1.82) is 0 Å². The molecule has 1 aromatic heterocycles. The van der Waals surface area contributed by atoms with Crippen LogP contribution in [-0.2, 0) is 17.8 Å². The van der Waals surface area contributed by atoms with E-state index in [9.17, 15) is 4.79 Å². The Kier molecular flexibility index (Phi) is 7.17. The number of aromatic nitrogens is 3. The minimum Gasteiger partial charge on any atom is -0.495 e. The van der Waals surface area contributed by atoms with Crippen molar-refractivity contribution in [3.8, 4) is 5.75 Å². The fraction of sp³-hybridized carbons (Fsp3) is 0.286. The molecule has 0 aliphatic rings. The Bertz CT molecular complexity index is 978. The van der Waals surface area contributed by atoms with Crippen molar-refractivity contribution in [3.63, 3.8) is 0 Å². The topological polar surface area (TPSA) is 69.0 Å². The Labute approximate surface area is 179 Å². The molecule has 0 fully saturated rings. The number of methoxy groups -OCH3 is 1. The maximum Gasteiger partial charge on any atom is 0.237 e. The monoisotopic (exact) mass is 430 g/mol. The van der Waals surface area contributed by atoms with E-state index in [2.05, 4.69) is 27.6 Å². The number of amides is 1. The van der Waals surface area contributed by atoms with E-state index in [-0.39, 0.29) is 11.2 Å². The number of nitrogens with zero attached hydrogens (tertiary/aromatic N) is 3.